The zero-order valence-corrected chi connectivity index (χ0v) is 20.1. The maximum Gasteiger partial charge on any atom is 0.231 e. The molecule has 0 aliphatic rings. The predicted octanol–water partition coefficient (Wildman–Crippen LogP) is 4.84. The van der Waals surface area contributed by atoms with E-state index in [1.165, 1.54) is 15.9 Å². The zero-order chi connectivity index (χ0) is 23.0. The van der Waals surface area contributed by atoms with Crippen molar-refractivity contribution in [2.75, 3.05) is 6.16 Å². The topological polar surface area (TPSA) is 46.2 Å². The third kappa shape index (κ3) is 5.72. The zero-order valence-electron chi connectivity index (χ0n) is 19.3. The molecule has 3 nitrogen and oxygen atoms in total. The van der Waals surface area contributed by atoms with Gasteiger partial charge in [-0.05, 0) is 49.2 Å². The maximum atomic E-state index is 12.3. The molecule has 0 aromatic heterocycles. The van der Waals surface area contributed by atoms with Gasteiger partial charge in [0, 0.05) is 11.8 Å². The smallest absolute Gasteiger partial charge is 0.231 e. The molecule has 0 aliphatic carbocycles. The van der Waals surface area contributed by atoms with Gasteiger partial charge in [0.05, 0.1) is 6.16 Å². The Hall–Kier alpha value is -2.77. The van der Waals surface area contributed by atoms with Crippen molar-refractivity contribution < 1.29 is 9.59 Å². The molecule has 0 atom stereocenters. The average Bonchev–Trinajstić information content (AvgIpc) is 2.80. The van der Waals surface area contributed by atoms with Gasteiger partial charge < -0.3 is 0 Å². The van der Waals surface area contributed by atoms with Crippen LogP contribution in [0.15, 0.2) is 91.0 Å². The summed E-state index contributed by atoms with van der Waals surface area (Å²) in [6.45, 7) is 5.44. The van der Waals surface area contributed by atoms with Gasteiger partial charge in [0.15, 0.2) is 0 Å². The minimum Gasteiger partial charge on any atom is -0.296 e. The minimum absolute atomic E-state index is 0.187. The van der Waals surface area contributed by atoms with E-state index in [0.717, 1.165) is 19.0 Å². The van der Waals surface area contributed by atoms with E-state index < -0.39 is 12.7 Å². The first-order valence-electron chi connectivity index (χ1n) is 11.2. The van der Waals surface area contributed by atoms with E-state index in [9.17, 15) is 9.59 Å². The van der Waals surface area contributed by atoms with Gasteiger partial charge in [-0.1, -0.05) is 75.4 Å². The van der Waals surface area contributed by atoms with E-state index in [4.69, 9.17) is 0 Å². The van der Waals surface area contributed by atoms with E-state index in [1.807, 2.05) is 20.8 Å². The molecule has 2 amide bonds. The summed E-state index contributed by atoms with van der Waals surface area (Å²) in [6, 6.07) is 32.3. The molecule has 3 aromatic rings. The molecule has 0 radical (unpaired) electrons. The quantitative estimate of drug-likeness (QED) is 0.398. The first kappa shape index (κ1) is 23.9. The molecule has 3 aromatic carbocycles. The Labute approximate surface area is 192 Å². The summed E-state index contributed by atoms with van der Waals surface area (Å²) >= 11 is 0. The summed E-state index contributed by atoms with van der Waals surface area (Å²) in [5.74, 6) is -0.407. The molecular weight excluding hydrogens is 413 g/mol. The standard InChI is InChI=1S/C28H32NO2P/c1-28(2,3)27(31)29-26(30)21-13-14-22-32(23-15-7-4-8-16-23,24-17-9-5-10-18-24)25-19-11-6-12-20-25/h4-12,15-20H,13-14,21-22H2,1-3H3/p+1. The van der Waals surface area contributed by atoms with E-state index in [2.05, 4.69) is 96.3 Å². The monoisotopic (exact) mass is 446 g/mol. The Balaban J connectivity index is 1.84. The number of amides is 2. The number of carbonyl (C=O) groups is 2. The van der Waals surface area contributed by atoms with Gasteiger partial charge in [-0.25, -0.2) is 0 Å². The highest BCUT2D eigenvalue weighted by Gasteiger charge is 2.44. The molecule has 0 unspecified atom stereocenters. The van der Waals surface area contributed by atoms with Crippen molar-refractivity contribution >= 4 is 35.0 Å². The van der Waals surface area contributed by atoms with Gasteiger partial charge in [0.2, 0.25) is 11.8 Å². The summed E-state index contributed by atoms with van der Waals surface area (Å²) in [5, 5.41) is 6.60. The van der Waals surface area contributed by atoms with Gasteiger partial charge in [-0.3, -0.25) is 14.9 Å². The molecule has 1 N–H and O–H groups in total. The molecule has 0 aliphatic heterocycles. The second-order valence-electron chi connectivity index (χ2n) is 9.12. The largest absolute Gasteiger partial charge is 0.296 e. The Kier molecular flexibility index (Phi) is 7.99. The third-order valence-electron chi connectivity index (χ3n) is 5.67. The number of hydrogen-bond acceptors (Lipinski definition) is 2. The first-order valence-corrected chi connectivity index (χ1v) is 13.2. The van der Waals surface area contributed by atoms with Crippen molar-refractivity contribution in [1.82, 2.24) is 5.32 Å². The Morgan fingerprint density at radius 3 is 1.47 bits per heavy atom. The fourth-order valence-corrected chi connectivity index (χ4v) is 8.30. The molecule has 0 saturated carbocycles. The molecule has 0 spiro atoms. The SMILES string of the molecule is CC(C)(C)C(=O)NC(=O)CCCC[P+](c1ccccc1)(c1ccccc1)c1ccccc1. The van der Waals surface area contributed by atoms with Crippen LogP contribution in [0.25, 0.3) is 0 Å². The van der Waals surface area contributed by atoms with Crippen molar-refractivity contribution in [3.63, 3.8) is 0 Å². The highest BCUT2D eigenvalue weighted by molar-refractivity contribution is 7.95. The van der Waals surface area contributed by atoms with Crippen molar-refractivity contribution in [3.05, 3.63) is 91.0 Å². The van der Waals surface area contributed by atoms with Crippen LogP contribution in [0.3, 0.4) is 0 Å². The van der Waals surface area contributed by atoms with E-state index in [1.54, 1.807) is 0 Å². The first-order chi connectivity index (χ1) is 15.3. The van der Waals surface area contributed by atoms with Crippen LogP contribution < -0.4 is 21.2 Å². The molecule has 4 heteroatoms. The Morgan fingerprint density at radius 2 is 1.09 bits per heavy atom. The number of carbonyl (C=O) groups excluding carboxylic acids is 2. The normalized spacial score (nSPS) is 11.7. The molecule has 0 saturated heterocycles. The molecule has 3 rings (SSSR count). The lowest BCUT2D eigenvalue weighted by Crippen LogP contribution is -2.38. The maximum absolute atomic E-state index is 12.3. The van der Waals surface area contributed by atoms with E-state index >= 15 is 0 Å². The second kappa shape index (κ2) is 10.7. The molecular formula is C28H33NO2P+. The minimum atomic E-state index is -1.87. The number of benzene rings is 3. The number of nitrogens with one attached hydrogen (secondary N) is 1. The van der Waals surface area contributed by atoms with E-state index in [-0.39, 0.29) is 11.8 Å². The summed E-state index contributed by atoms with van der Waals surface area (Å²) in [4.78, 5) is 24.4. The van der Waals surface area contributed by atoms with Gasteiger partial charge >= 0.3 is 0 Å². The Morgan fingerprint density at radius 1 is 0.688 bits per heavy atom. The lowest BCUT2D eigenvalue weighted by molar-refractivity contribution is -0.135. The van der Waals surface area contributed by atoms with Crippen LogP contribution in [-0.4, -0.2) is 18.0 Å². The number of imide groups is 1. The van der Waals surface area contributed by atoms with Gasteiger partial charge in [0.1, 0.15) is 23.2 Å². The highest BCUT2D eigenvalue weighted by atomic mass is 31.2. The third-order valence-corrected chi connectivity index (χ3v) is 10.2. The van der Waals surface area contributed by atoms with Crippen LogP contribution in [0.2, 0.25) is 0 Å². The second-order valence-corrected chi connectivity index (χ2v) is 12.7. The number of unbranched alkanes of at least 4 members (excludes halogenated alkanes) is 1. The van der Waals surface area contributed by atoms with Crippen LogP contribution in [0.4, 0.5) is 0 Å². The summed E-state index contributed by atoms with van der Waals surface area (Å²) < 4.78 is 0. The fraction of sp³-hybridized carbons (Fsp3) is 0.286. The predicted molar refractivity (Wildman–Crippen MR) is 136 cm³/mol. The van der Waals surface area contributed by atoms with Crippen LogP contribution in [0.1, 0.15) is 40.0 Å². The van der Waals surface area contributed by atoms with Gasteiger partial charge in [-0.15, -0.1) is 0 Å². The summed E-state index contributed by atoms with van der Waals surface area (Å²) in [6.07, 6.45) is 2.99. The Bertz CT molecular complexity index is 915. The fourth-order valence-electron chi connectivity index (χ4n) is 3.89. The lowest BCUT2D eigenvalue weighted by Gasteiger charge is -2.27. The molecule has 0 bridgehead atoms. The van der Waals surface area contributed by atoms with Gasteiger partial charge in [0.25, 0.3) is 0 Å². The summed E-state index contributed by atoms with van der Waals surface area (Å²) in [7, 11) is -1.87. The molecule has 32 heavy (non-hydrogen) atoms. The van der Waals surface area contributed by atoms with Crippen molar-refractivity contribution in [1.29, 1.82) is 0 Å². The highest BCUT2D eigenvalue weighted by Crippen LogP contribution is 2.55. The number of hydrogen-bond donors (Lipinski definition) is 1. The summed E-state index contributed by atoms with van der Waals surface area (Å²) in [5.41, 5.74) is -0.565. The molecule has 0 heterocycles. The van der Waals surface area contributed by atoms with E-state index in [0.29, 0.717) is 6.42 Å². The van der Waals surface area contributed by atoms with Crippen molar-refractivity contribution in [2.45, 2.75) is 40.0 Å². The average molecular weight is 447 g/mol. The molecule has 0 fully saturated rings. The van der Waals surface area contributed by atoms with Crippen molar-refractivity contribution in [2.24, 2.45) is 5.41 Å². The van der Waals surface area contributed by atoms with Crippen LogP contribution in [-0.2, 0) is 9.59 Å². The lowest BCUT2D eigenvalue weighted by atomic mass is 9.95. The van der Waals surface area contributed by atoms with Gasteiger partial charge in [-0.2, -0.15) is 0 Å². The van der Waals surface area contributed by atoms with Crippen LogP contribution in [0.5, 0.6) is 0 Å². The molecule has 166 valence electrons. The van der Waals surface area contributed by atoms with Crippen molar-refractivity contribution in [3.8, 4) is 0 Å². The van der Waals surface area contributed by atoms with Crippen LogP contribution in [0, 0.1) is 5.41 Å². The van der Waals surface area contributed by atoms with Crippen LogP contribution >= 0.6 is 7.26 Å². The number of rotatable bonds is 8.